The number of thioether (sulfide) groups is 1. The standard InChI is InChI=1S/C22H16BrNO2S2/c1-24-21(25)20(28-22(24)27)12-14-7-9-19(18(23)11-14)26-13-15-6-8-16-4-2-3-5-17(16)10-15/h2-12H,13H2,1H3. The van der Waals surface area contributed by atoms with Gasteiger partial charge in [0.2, 0.25) is 0 Å². The number of rotatable bonds is 4. The Kier molecular flexibility index (Phi) is 5.53. The van der Waals surface area contributed by atoms with Crippen LogP contribution in [-0.4, -0.2) is 22.2 Å². The Hall–Kier alpha value is -2.15. The molecule has 1 fully saturated rings. The lowest BCUT2D eigenvalue weighted by atomic mass is 10.1. The summed E-state index contributed by atoms with van der Waals surface area (Å²) in [6.07, 6.45) is 1.85. The monoisotopic (exact) mass is 469 g/mol. The number of benzene rings is 3. The molecular weight excluding hydrogens is 454 g/mol. The zero-order valence-electron chi connectivity index (χ0n) is 15.0. The molecule has 3 nitrogen and oxygen atoms in total. The predicted octanol–water partition coefficient (Wildman–Crippen LogP) is 6.01. The molecule has 0 unspecified atom stereocenters. The third kappa shape index (κ3) is 3.99. The van der Waals surface area contributed by atoms with Gasteiger partial charge < -0.3 is 4.74 Å². The van der Waals surface area contributed by atoms with Gasteiger partial charge in [0.25, 0.3) is 5.91 Å². The minimum absolute atomic E-state index is 0.0669. The molecule has 0 aromatic heterocycles. The average Bonchev–Trinajstić information content (AvgIpc) is 2.94. The fourth-order valence-corrected chi connectivity index (χ4v) is 4.60. The van der Waals surface area contributed by atoms with Crippen molar-refractivity contribution in [3.8, 4) is 5.75 Å². The zero-order valence-corrected chi connectivity index (χ0v) is 18.2. The van der Waals surface area contributed by atoms with Crippen molar-refractivity contribution < 1.29 is 9.53 Å². The molecule has 28 heavy (non-hydrogen) atoms. The Morgan fingerprint density at radius 1 is 1.11 bits per heavy atom. The third-order valence-corrected chi connectivity index (χ3v) is 6.55. The number of hydrogen-bond acceptors (Lipinski definition) is 4. The first-order valence-electron chi connectivity index (χ1n) is 8.63. The van der Waals surface area contributed by atoms with Gasteiger partial charge in [-0.1, -0.05) is 66.4 Å². The second-order valence-electron chi connectivity index (χ2n) is 6.40. The van der Waals surface area contributed by atoms with Crippen LogP contribution in [-0.2, 0) is 11.4 Å². The SMILES string of the molecule is CN1C(=O)C(=Cc2ccc(OCc3ccc4ccccc4c3)c(Br)c2)SC1=S. The van der Waals surface area contributed by atoms with Crippen LogP contribution >= 0.6 is 39.9 Å². The van der Waals surface area contributed by atoms with Crippen molar-refractivity contribution >= 4 is 67.0 Å². The van der Waals surface area contributed by atoms with Crippen molar-refractivity contribution in [2.75, 3.05) is 7.05 Å². The summed E-state index contributed by atoms with van der Waals surface area (Å²) >= 11 is 10.1. The number of carbonyl (C=O) groups excluding carboxylic acids is 1. The Bertz CT molecular complexity index is 1130. The van der Waals surface area contributed by atoms with E-state index in [1.807, 2.05) is 36.4 Å². The third-order valence-electron chi connectivity index (χ3n) is 4.45. The van der Waals surface area contributed by atoms with E-state index in [1.54, 1.807) is 7.05 Å². The number of halogens is 1. The fraction of sp³-hybridized carbons (Fsp3) is 0.0909. The first-order valence-corrected chi connectivity index (χ1v) is 10.6. The van der Waals surface area contributed by atoms with Crippen molar-refractivity contribution in [3.63, 3.8) is 0 Å². The van der Waals surface area contributed by atoms with Crippen LogP contribution in [0.4, 0.5) is 0 Å². The van der Waals surface area contributed by atoms with Crippen LogP contribution in [0.5, 0.6) is 5.75 Å². The molecule has 1 amide bonds. The number of amides is 1. The minimum atomic E-state index is -0.0669. The van der Waals surface area contributed by atoms with E-state index in [2.05, 4.69) is 46.3 Å². The van der Waals surface area contributed by atoms with E-state index in [4.69, 9.17) is 17.0 Å². The van der Waals surface area contributed by atoms with Crippen LogP contribution < -0.4 is 4.74 Å². The Morgan fingerprint density at radius 2 is 1.89 bits per heavy atom. The van der Waals surface area contributed by atoms with Crippen LogP contribution in [0.1, 0.15) is 11.1 Å². The molecule has 0 N–H and O–H groups in total. The van der Waals surface area contributed by atoms with Gasteiger partial charge in [-0.2, -0.15) is 0 Å². The van der Waals surface area contributed by atoms with Crippen LogP contribution in [0, 0.1) is 0 Å². The topological polar surface area (TPSA) is 29.5 Å². The summed E-state index contributed by atoms with van der Waals surface area (Å²) in [4.78, 5) is 14.3. The Balaban J connectivity index is 1.48. The van der Waals surface area contributed by atoms with Gasteiger partial charge in [0.15, 0.2) is 0 Å². The molecule has 0 saturated carbocycles. The Morgan fingerprint density at radius 3 is 2.61 bits per heavy atom. The van der Waals surface area contributed by atoms with Crippen LogP contribution in [0.25, 0.3) is 16.8 Å². The largest absolute Gasteiger partial charge is 0.488 e. The molecular formula is C22H16BrNO2S2. The summed E-state index contributed by atoms with van der Waals surface area (Å²) in [6, 6.07) is 20.4. The van der Waals surface area contributed by atoms with E-state index in [1.165, 1.54) is 27.4 Å². The smallest absolute Gasteiger partial charge is 0.265 e. The first kappa shape index (κ1) is 19.2. The maximum absolute atomic E-state index is 12.1. The van der Waals surface area contributed by atoms with E-state index < -0.39 is 0 Å². The van der Waals surface area contributed by atoms with E-state index >= 15 is 0 Å². The molecule has 6 heteroatoms. The van der Waals surface area contributed by atoms with Gasteiger partial charge in [-0.25, -0.2) is 0 Å². The number of hydrogen-bond donors (Lipinski definition) is 0. The molecule has 0 spiro atoms. The molecule has 3 aromatic rings. The second kappa shape index (κ2) is 8.07. The van der Waals surface area contributed by atoms with Crippen molar-refractivity contribution in [3.05, 3.63) is 81.2 Å². The number of likely N-dealkylation sites (N-methyl/N-ethyl adjacent to an activating group) is 1. The summed E-state index contributed by atoms with van der Waals surface area (Å²) in [6.45, 7) is 0.483. The molecule has 1 aliphatic rings. The maximum Gasteiger partial charge on any atom is 0.265 e. The number of ether oxygens (including phenoxy) is 1. The highest BCUT2D eigenvalue weighted by molar-refractivity contribution is 9.10. The molecule has 0 atom stereocenters. The predicted molar refractivity (Wildman–Crippen MR) is 123 cm³/mol. The summed E-state index contributed by atoms with van der Waals surface area (Å²) < 4.78 is 7.40. The fourth-order valence-electron chi connectivity index (χ4n) is 2.91. The van der Waals surface area contributed by atoms with Gasteiger partial charge >= 0.3 is 0 Å². The van der Waals surface area contributed by atoms with Gasteiger partial charge in [-0.05, 0) is 62.1 Å². The highest BCUT2D eigenvalue weighted by Crippen LogP contribution is 2.33. The van der Waals surface area contributed by atoms with Crippen molar-refractivity contribution in [2.24, 2.45) is 0 Å². The summed E-state index contributed by atoms with van der Waals surface area (Å²) in [5.74, 6) is 0.691. The van der Waals surface area contributed by atoms with Gasteiger partial charge in [0.05, 0.1) is 9.38 Å². The molecule has 0 radical (unpaired) electrons. The maximum atomic E-state index is 12.1. The summed E-state index contributed by atoms with van der Waals surface area (Å²) in [5.41, 5.74) is 2.03. The highest BCUT2D eigenvalue weighted by Gasteiger charge is 2.28. The molecule has 0 bridgehead atoms. The summed E-state index contributed by atoms with van der Waals surface area (Å²) in [5, 5.41) is 2.42. The van der Waals surface area contributed by atoms with Gasteiger partial charge in [-0.15, -0.1) is 0 Å². The average molecular weight is 470 g/mol. The van der Waals surface area contributed by atoms with E-state index in [0.717, 1.165) is 21.3 Å². The van der Waals surface area contributed by atoms with Crippen molar-refractivity contribution in [2.45, 2.75) is 6.61 Å². The van der Waals surface area contributed by atoms with Crippen LogP contribution in [0.2, 0.25) is 0 Å². The number of carbonyl (C=O) groups is 1. The number of fused-ring (bicyclic) bond motifs is 1. The van der Waals surface area contributed by atoms with Gasteiger partial charge in [0.1, 0.15) is 16.7 Å². The van der Waals surface area contributed by atoms with E-state index in [9.17, 15) is 4.79 Å². The van der Waals surface area contributed by atoms with Gasteiger partial charge in [0, 0.05) is 7.05 Å². The molecule has 1 aliphatic heterocycles. The molecule has 4 rings (SSSR count). The lowest BCUT2D eigenvalue weighted by molar-refractivity contribution is -0.121. The summed E-state index contributed by atoms with van der Waals surface area (Å²) in [7, 11) is 1.69. The zero-order chi connectivity index (χ0) is 19.7. The lowest BCUT2D eigenvalue weighted by Gasteiger charge is -2.10. The van der Waals surface area contributed by atoms with Crippen LogP contribution in [0.3, 0.4) is 0 Å². The lowest BCUT2D eigenvalue weighted by Crippen LogP contribution is -2.22. The molecule has 1 saturated heterocycles. The minimum Gasteiger partial charge on any atom is -0.488 e. The molecule has 1 heterocycles. The van der Waals surface area contributed by atoms with Crippen molar-refractivity contribution in [1.82, 2.24) is 4.90 Å². The van der Waals surface area contributed by atoms with Gasteiger partial charge in [-0.3, -0.25) is 9.69 Å². The second-order valence-corrected chi connectivity index (χ2v) is 8.93. The molecule has 140 valence electrons. The normalized spacial score (nSPS) is 15.6. The quantitative estimate of drug-likeness (QED) is 0.345. The number of nitrogens with zero attached hydrogens (tertiary/aromatic N) is 1. The van der Waals surface area contributed by atoms with Crippen LogP contribution in [0.15, 0.2) is 70.0 Å². The van der Waals surface area contributed by atoms with E-state index in [-0.39, 0.29) is 5.91 Å². The molecule has 3 aromatic carbocycles. The van der Waals surface area contributed by atoms with E-state index in [0.29, 0.717) is 15.8 Å². The molecule has 0 aliphatic carbocycles. The first-order chi connectivity index (χ1) is 13.5. The van der Waals surface area contributed by atoms with Crippen molar-refractivity contribution in [1.29, 1.82) is 0 Å². The highest BCUT2D eigenvalue weighted by atomic mass is 79.9. The number of thiocarbonyl (C=S) groups is 1. The Labute approximate surface area is 181 Å².